The molecule has 0 aromatic carbocycles. The van der Waals surface area contributed by atoms with Crippen molar-refractivity contribution in [1.29, 1.82) is 0 Å². The number of carbonyl (C=O) groups excluding carboxylic acids is 1. The number of nitrogens with zero attached hydrogens (tertiary/aromatic N) is 2. The fourth-order valence-corrected chi connectivity index (χ4v) is 2.43. The van der Waals surface area contributed by atoms with Crippen LogP contribution in [0.4, 0.5) is 5.82 Å². The summed E-state index contributed by atoms with van der Waals surface area (Å²) in [5, 5.41) is 2.87. The minimum absolute atomic E-state index is 0.114. The zero-order valence-corrected chi connectivity index (χ0v) is 11.2. The van der Waals surface area contributed by atoms with Crippen LogP contribution in [0.15, 0.2) is 41.1 Å². The van der Waals surface area contributed by atoms with E-state index in [2.05, 4.69) is 15.2 Å². The molecule has 5 nitrogen and oxygen atoms in total. The molecule has 1 aliphatic rings. The molecule has 1 amide bonds. The number of rotatable bonds is 4. The van der Waals surface area contributed by atoms with E-state index in [0.29, 0.717) is 12.1 Å². The van der Waals surface area contributed by atoms with Gasteiger partial charge in [0.2, 0.25) is 0 Å². The molecule has 0 atom stereocenters. The predicted molar refractivity (Wildman–Crippen MR) is 75.6 cm³/mol. The minimum Gasteiger partial charge on any atom is -0.467 e. The predicted octanol–water partition coefficient (Wildman–Crippen LogP) is 2.20. The van der Waals surface area contributed by atoms with Gasteiger partial charge in [-0.3, -0.25) is 4.79 Å². The molecule has 1 aliphatic heterocycles. The van der Waals surface area contributed by atoms with Crippen molar-refractivity contribution >= 4 is 11.7 Å². The fourth-order valence-electron chi connectivity index (χ4n) is 2.43. The number of amides is 1. The van der Waals surface area contributed by atoms with Crippen molar-refractivity contribution < 1.29 is 9.21 Å². The van der Waals surface area contributed by atoms with Gasteiger partial charge in [-0.25, -0.2) is 4.98 Å². The zero-order valence-electron chi connectivity index (χ0n) is 11.2. The van der Waals surface area contributed by atoms with Crippen molar-refractivity contribution in [2.45, 2.75) is 19.4 Å². The van der Waals surface area contributed by atoms with Gasteiger partial charge in [-0.1, -0.05) is 0 Å². The van der Waals surface area contributed by atoms with E-state index in [1.54, 1.807) is 24.6 Å². The minimum atomic E-state index is -0.114. The lowest BCUT2D eigenvalue weighted by atomic mass is 10.2. The van der Waals surface area contributed by atoms with Crippen LogP contribution in [0.2, 0.25) is 0 Å². The average molecular weight is 271 g/mol. The van der Waals surface area contributed by atoms with Crippen LogP contribution in [0.5, 0.6) is 0 Å². The summed E-state index contributed by atoms with van der Waals surface area (Å²) in [5.41, 5.74) is 0.626. The summed E-state index contributed by atoms with van der Waals surface area (Å²) in [6, 6.07) is 7.26. The molecule has 0 bridgehead atoms. The second-order valence-electron chi connectivity index (χ2n) is 4.83. The molecule has 3 rings (SSSR count). The van der Waals surface area contributed by atoms with Gasteiger partial charge in [0.05, 0.1) is 18.4 Å². The Hall–Kier alpha value is -2.30. The molecule has 0 unspecified atom stereocenters. The second kappa shape index (κ2) is 5.77. The molecule has 1 N–H and O–H groups in total. The third kappa shape index (κ3) is 2.66. The first-order valence-corrected chi connectivity index (χ1v) is 6.85. The average Bonchev–Trinajstić information content (AvgIpc) is 3.18. The summed E-state index contributed by atoms with van der Waals surface area (Å²) in [6.45, 7) is 2.32. The lowest BCUT2D eigenvalue weighted by Gasteiger charge is -2.19. The number of nitrogens with one attached hydrogen (secondary N) is 1. The maximum absolute atomic E-state index is 12.3. The molecule has 1 saturated heterocycles. The molecule has 0 radical (unpaired) electrons. The monoisotopic (exact) mass is 271 g/mol. The number of pyridine rings is 1. The van der Waals surface area contributed by atoms with Gasteiger partial charge in [-0.2, -0.15) is 0 Å². The molecular formula is C15H17N3O2. The number of carbonyl (C=O) groups is 1. The highest BCUT2D eigenvalue weighted by atomic mass is 16.3. The molecule has 3 heterocycles. The first kappa shape index (κ1) is 12.7. The Kier molecular flexibility index (Phi) is 3.67. The summed E-state index contributed by atoms with van der Waals surface area (Å²) >= 11 is 0. The standard InChI is InChI=1S/C15H17N3O2/c19-15(17-11-12-5-4-10-20-12)13-6-3-7-16-14(13)18-8-1-2-9-18/h3-7,10H,1-2,8-9,11H2,(H,17,19). The van der Waals surface area contributed by atoms with E-state index >= 15 is 0 Å². The highest BCUT2D eigenvalue weighted by molar-refractivity contribution is 5.98. The Bertz CT molecular complexity index is 575. The van der Waals surface area contributed by atoms with Crippen LogP contribution in [0, 0.1) is 0 Å². The Balaban J connectivity index is 1.73. The van der Waals surface area contributed by atoms with Crippen LogP contribution in [-0.2, 0) is 6.54 Å². The van der Waals surface area contributed by atoms with E-state index in [9.17, 15) is 4.79 Å². The summed E-state index contributed by atoms with van der Waals surface area (Å²) < 4.78 is 5.21. The topological polar surface area (TPSA) is 58.4 Å². The lowest BCUT2D eigenvalue weighted by Crippen LogP contribution is -2.27. The van der Waals surface area contributed by atoms with Crippen LogP contribution in [0.25, 0.3) is 0 Å². The fraction of sp³-hybridized carbons (Fsp3) is 0.333. The largest absolute Gasteiger partial charge is 0.467 e. The number of anilines is 1. The van der Waals surface area contributed by atoms with Gasteiger partial charge in [0.25, 0.3) is 5.91 Å². The Morgan fingerprint density at radius 2 is 2.15 bits per heavy atom. The van der Waals surface area contributed by atoms with Crippen LogP contribution in [0.1, 0.15) is 29.0 Å². The zero-order chi connectivity index (χ0) is 13.8. The molecule has 2 aromatic heterocycles. The van der Waals surface area contributed by atoms with E-state index in [0.717, 1.165) is 37.5 Å². The van der Waals surface area contributed by atoms with Crippen molar-refractivity contribution in [2.75, 3.05) is 18.0 Å². The highest BCUT2D eigenvalue weighted by Crippen LogP contribution is 2.21. The van der Waals surface area contributed by atoms with Gasteiger partial charge in [-0.05, 0) is 37.1 Å². The van der Waals surface area contributed by atoms with E-state index in [-0.39, 0.29) is 5.91 Å². The quantitative estimate of drug-likeness (QED) is 0.926. The Morgan fingerprint density at radius 1 is 1.30 bits per heavy atom. The Morgan fingerprint density at radius 3 is 2.90 bits per heavy atom. The normalized spacial score (nSPS) is 14.5. The van der Waals surface area contributed by atoms with Crippen LogP contribution >= 0.6 is 0 Å². The van der Waals surface area contributed by atoms with Crippen LogP contribution in [0.3, 0.4) is 0 Å². The molecule has 0 aliphatic carbocycles. The molecule has 0 saturated carbocycles. The SMILES string of the molecule is O=C(NCc1ccco1)c1cccnc1N1CCCC1. The number of aromatic nitrogens is 1. The first-order chi connectivity index (χ1) is 9.84. The van der Waals surface area contributed by atoms with E-state index in [4.69, 9.17) is 4.42 Å². The van der Waals surface area contributed by atoms with Gasteiger partial charge >= 0.3 is 0 Å². The number of hydrogen-bond donors (Lipinski definition) is 1. The van der Waals surface area contributed by atoms with E-state index in [1.165, 1.54) is 0 Å². The van der Waals surface area contributed by atoms with Gasteiger partial charge < -0.3 is 14.6 Å². The van der Waals surface area contributed by atoms with Crippen molar-refractivity contribution in [3.05, 3.63) is 48.0 Å². The Labute approximate surface area is 117 Å². The van der Waals surface area contributed by atoms with Crippen molar-refractivity contribution in [2.24, 2.45) is 0 Å². The van der Waals surface area contributed by atoms with Gasteiger partial charge in [-0.15, -0.1) is 0 Å². The second-order valence-corrected chi connectivity index (χ2v) is 4.83. The molecular weight excluding hydrogens is 254 g/mol. The third-order valence-electron chi connectivity index (χ3n) is 3.44. The van der Waals surface area contributed by atoms with Crippen LogP contribution < -0.4 is 10.2 Å². The third-order valence-corrected chi connectivity index (χ3v) is 3.44. The number of furan rings is 1. The summed E-state index contributed by atoms with van der Waals surface area (Å²) in [6.07, 6.45) is 5.65. The number of hydrogen-bond acceptors (Lipinski definition) is 4. The summed E-state index contributed by atoms with van der Waals surface area (Å²) in [7, 11) is 0. The lowest BCUT2D eigenvalue weighted by molar-refractivity contribution is 0.0948. The van der Waals surface area contributed by atoms with Gasteiger partial charge in [0, 0.05) is 19.3 Å². The van der Waals surface area contributed by atoms with Gasteiger partial charge in [0.1, 0.15) is 11.6 Å². The van der Waals surface area contributed by atoms with Crippen LogP contribution in [-0.4, -0.2) is 24.0 Å². The van der Waals surface area contributed by atoms with E-state index in [1.807, 2.05) is 12.1 Å². The molecule has 2 aromatic rings. The maximum Gasteiger partial charge on any atom is 0.255 e. The summed E-state index contributed by atoms with van der Waals surface area (Å²) in [4.78, 5) is 18.8. The molecule has 20 heavy (non-hydrogen) atoms. The summed E-state index contributed by atoms with van der Waals surface area (Å²) in [5.74, 6) is 1.41. The molecule has 5 heteroatoms. The molecule has 1 fully saturated rings. The molecule has 0 spiro atoms. The highest BCUT2D eigenvalue weighted by Gasteiger charge is 2.20. The first-order valence-electron chi connectivity index (χ1n) is 6.85. The van der Waals surface area contributed by atoms with Crippen molar-refractivity contribution in [3.63, 3.8) is 0 Å². The molecule has 104 valence electrons. The smallest absolute Gasteiger partial charge is 0.255 e. The maximum atomic E-state index is 12.3. The van der Waals surface area contributed by atoms with E-state index < -0.39 is 0 Å². The van der Waals surface area contributed by atoms with Gasteiger partial charge in [0.15, 0.2) is 0 Å². The van der Waals surface area contributed by atoms with Crippen molar-refractivity contribution in [1.82, 2.24) is 10.3 Å². The van der Waals surface area contributed by atoms with Crippen molar-refractivity contribution in [3.8, 4) is 0 Å².